The van der Waals surface area contributed by atoms with Crippen molar-refractivity contribution in [1.29, 1.82) is 0 Å². The van der Waals surface area contributed by atoms with E-state index in [0.29, 0.717) is 6.04 Å². The van der Waals surface area contributed by atoms with E-state index in [1.165, 1.54) is 9.35 Å². The Balaban J connectivity index is 2.01. The van der Waals surface area contributed by atoms with Crippen molar-refractivity contribution in [1.82, 2.24) is 5.32 Å². The van der Waals surface area contributed by atoms with Crippen molar-refractivity contribution in [2.24, 2.45) is 0 Å². The molecule has 0 saturated carbocycles. The summed E-state index contributed by atoms with van der Waals surface area (Å²) in [5.74, 6) is 0. The highest BCUT2D eigenvalue weighted by atomic mass is 79.9. The number of ether oxygens (including phenoxy) is 2. The van der Waals surface area contributed by atoms with Crippen LogP contribution in [0.15, 0.2) is 15.9 Å². The molecule has 1 saturated heterocycles. The normalized spacial score (nSPS) is 19.1. The molecule has 1 N–H and O–H groups in total. The second kappa shape index (κ2) is 6.12. The first kappa shape index (κ1) is 12.5. The molecule has 16 heavy (non-hydrogen) atoms. The van der Waals surface area contributed by atoms with E-state index in [1.54, 1.807) is 11.3 Å². The van der Waals surface area contributed by atoms with Crippen molar-refractivity contribution in [2.45, 2.75) is 25.7 Å². The molecule has 3 nitrogen and oxygen atoms in total. The van der Waals surface area contributed by atoms with Crippen LogP contribution in [0.2, 0.25) is 0 Å². The minimum absolute atomic E-state index is 0.0574. The van der Waals surface area contributed by atoms with Gasteiger partial charge >= 0.3 is 0 Å². The average molecular weight is 306 g/mol. The van der Waals surface area contributed by atoms with Crippen molar-refractivity contribution in [2.75, 3.05) is 19.8 Å². The van der Waals surface area contributed by atoms with Gasteiger partial charge in [0.2, 0.25) is 0 Å². The zero-order valence-corrected chi connectivity index (χ0v) is 11.6. The van der Waals surface area contributed by atoms with Crippen LogP contribution in [0, 0.1) is 0 Å². The van der Waals surface area contributed by atoms with E-state index < -0.39 is 0 Å². The lowest BCUT2D eigenvalue weighted by atomic mass is 10.1. The number of halogens is 1. The van der Waals surface area contributed by atoms with Crippen molar-refractivity contribution in [3.05, 3.63) is 20.8 Å². The molecule has 0 amide bonds. The summed E-state index contributed by atoms with van der Waals surface area (Å²) >= 11 is 5.34. The van der Waals surface area contributed by atoms with Crippen LogP contribution in [0.4, 0.5) is 0 Å². The first-order chi connectivity index (χ1) is 7.81. The summed E-state index contributed by atoms with van der Waals surface area (Å²) in [5.41, 5.74) is 0. The molecular weight excluding hydrogens is 290 g/mol. The molecule has 5 heteroatoms. The van der Waals surface area contributed by atoms with Gasteiger partial charge in [-0.3, -0.25) is 0 Å². The molecular formula is C11H16BrNO2S. The molecule has 0 aromatic carbocycles. The average Bonchev–Trinajstić information content (AvgIpc) is 2.88. The molecule has 1 aliphatic heterocycles. The Morgan fingerprint density at radius 3 is 2.88 bits per heavy atom. The van der Waals surface area contributed by atoms with Gasteiger partial charge in [-0.25, -0.2) is 0 Å². The monoisotopic (exact) mass is 305 g/mol. The van der Waals surface area contributed by atoms with Crippen LogP contribution in [0.3, 0.4) is 0 Å². The third kappa shape index (κ3) is 3.05. The van der Waals surface area contributed by atoms with Gasteiger partial charge in [-0.05, 0) is 33.9 Å². The van der Waals surface area contributed by atoms with Gasteiger partial charge in [0.05, 0.1) is 13.2 Å². The van der Waals surface area contributed by atoms with Gasteiger partial charge < -0.3 is 14.8 Å². The van der Waals surface area contributed by atoms with E-state index in [1.807, 2.05) is 0 Å². The zero-order chi connectivity index (χ0) is 11.4. The maximum atomic E-state index is 5.49. The minimum Gasteiger partial charge on any atom is -0.350 e. The summed E-state index contributed by atoms with van der Waals surface area (Å²) in [4.78, 5) is 1.32. The second-order valence-corrected chi connectivity index (χ2v) is 5.45. The van der Waals surface area contributed by atoms with Gasteiger partial charge in [0.15, 0.2) is 6.29 Å². The predicted molar refractivity (Wildman–Crippen MR) is 68.7 cm³/mol. The highest BCUT2D eigenvalue weighted by Gasteiger charge is 2.23. The highest BCUT2D eigenvalue weighted by Crippen LogP contribution is 2.32. The predicted octanol–water partition coefficient (Wildman–Crippen LogP) is 2.92. The topological polar surface area (TPSA) is 30.5 Å². The lowest BCUT2D eigenvalue weighted by Gasteiger charge is -2.20. The van der Waals surface area contributed by atoms with Gasteiger partial charge in [-0.1, -0.05) is 6.92 Å². The fraction of sp³-hybridized carbons (Fsp3) is 0.636. The lowest BCUT2D eigenvalue weighted by Crippen LogP contribution is -2.25. The molecule has 2 heterocycles. The first-order valence-electron chi connectivity index (χ1n) is 5.50. The summed E-state index contributed by atoms with van der Waals surface area (Å²) < 4.78 is 12.2. The van der Waals surface area contributed by atoms with Crippen LogP contribution >= 0.6 is 27.3 Å². The van der Waals surface area contributed by atoms with E-state index in [-0.39, 0.29) is 6.29 Å². The lowest BCUT2D eigenvalue weighted by molar-refractivity contribution is -0.0527. The Morgan fingerprint density at radius 1 is 1.56 bits per heavy atom. The SMILES string of the molecule is CCNC(CC1OCCO1)c1sccc1Br. The number of rotatable bonds is 5. The molecule has 1 unspecified atom stereocenters. The Hall–Kier alpha value is 0.0600. The fourth-order valence-electron chi connectivity index (χ4n) is 1.82. The summed E-state index contributed by atoms with van der Waals surface area (Å²) in [5, 5.41) is 5.57. The molecule has 0 radical (unpaired) electrons. The van der Waals surface area contributed by atoms with E-state index in [4.69, 9.17) is 9.47 Å². The quantitative estimate of drug-likeness (QED) is 0.907. The van der Waals surface area contributed by atoms with Gasteiger partial charge in [0.25, 0.3) is 0 Å². The third-order valence-corrected chi connectivity index (χ3v) is 4.52. The van der Waals surface area contributed by atoms with Crippen LogP contribution in [-0.2, 0) is 9.47 Å². The molecule has 1 aromatic rings. The minimum atomic E-state index is -0.0574. The molecule has 2 rings (SSSR count). The molecule has 90 valence electrons. The van der Waals surface area contributed by atoms with E-state index >= 15 is 0 Å². The van der Waals surface area contributed by atoms with Gasteiger partial charge in [0.1, 0.15) is 0 Å². The maximum absolute atomic E-state index is 5.49. The molecule has 1 fully saturated rings. The van der Waals surface area contributed by atoms with Crippen molar-refractivity contribution in [3.63, 3.8) is 0 Å². The summed E-state index contributed by atoms with van der Waals surface area (Å²) in [6.07, 6.45) is 0.811. The smallest absolute Gasteiger partial charge is 0.159 e. The summed E-state index contributed by atoms with van der Waals surface area (Å²) in [6.45, 7) is 4.50. The van der Waals surface area contributed by atoms with E-state index in [2.05, 4.69) is 39.6 Å². The molecule has 0 bridgehead atoms. The number of hydrogen-bond acceptors (Lipinski definition) is 4. The van der Waals surface area contributed by atoms with Crippen molar-refractivity contribution in [3.8, 4) is 0 Å². The van der Waals surface area contributed by atoms with Gasteiger partial charge in [-0.2, -0.15) is 0 Å². The first-order valence-corrected chi connectivity index (χ1v) is 7.18. The van der Waals surface area contributed by atoms with Crippen LogP contribution < -0.4 is 5.32 Å². The molecule has 0 aliphatic carbocycles. The second-order valence-electron chi connectivity index (χ2n) is 3.65. The van der Waals surface area contributed by atoms with Crippen LogP contribution in [-0.4, -0.2) is 26.0 Å². The standard InChI is InChI=1S/C11H16BrNO2S/c1-2-13-9(7-10-14-4-5-15-10)11-8(12)3-6-16-11/h3,6,9-10,13H,2,4-5,7H2,1H3. The number of hydrogen-bond donors (Lipinski definition) is 1. The van der Waals surface area contributed by atoms with Gasteiger partial charge in [0, 0.05) is 21.8 Å². The highest BCUT2D eigenvalue weighted by molar-refractivity contribution is 9.10. The largest absolute Gasteiger partial charge is 0.350 e. The Kier molecular flexibility index (Phi) is 4.79. The molecule has 1 aromatic heterocycles. The van der Waals surface area contributed by atoms with Crippen molar-refractivity contribution < 1.29 is 9.47 Å². The zero-order valence-electron chi connectivity index (χ0n) is 9.24. The van der Waals surface area contributed by atoms with Crippen LogP contribution in [0.5, 0.6) is 0 Å². The number of thiophene rings is 1. The fourth-order valence-corrected chi connectivity index (χ4v) is 3.56. The summed E-state index contributed by atoms with van der Waals surface area (Å²) in [7, 11) is 0. The molecule has 1 aliphatic rings. The van der Waals surface area contributed by atoms with Gasteiger partial charge in [-0.15, -0.1) is 11.3 Å². The van der Waals surface area contributed by atoms with E-state index in [9.17, 15) is 0 Å². The van der Waals surface area contributed by atoms with E-state index in [0.717, 1.165) is 26.2 Å². The summed E-state index contributed by atoms with van der Waals surface area (Å²) in [6, 6.07) is 2.39. The Labute approximate surface area is 108 Å². The molecule has 0 spiro atoms. The van der Waals surface area contributed by atoms with Crippen LogP contribution in [0.25, 0.3) is 0 Å². The van der Waals surface area contributed by atoms with Crippen molar-refractivity contribution >= 4 is 27.3 Å². The molecule has 1 atom stereocenters. The number of nitrogens with one attached hydrogen (secondary N) is 1. The Morgan fingerprint density at radius 2 is 2.31 bits per heavy atom. The van der Waals surface area contributed by atoms with Crippen LogP contribution in [0.1, 0.15) is 24.3 Å². The maximum Gasteiger partial charge on any atom is 0.159 e. The Bertz CT molecular complexity index is 326. The third-order valence-electron chi connectivity index (χ3n) is 2.53.